The van der Waals surface area contributed by atoms with Crippen LogP contribution in [-0.4, -0.2) is 49.9 Å². The number of carbonyl (C=O) groups excluding carboxylic acids is 1. The van der Waals surface area contributed by atoms with Gasteiger partial charge in [-0.3, -0.25) is 13.8 Å². The number of ether oxygens (including phenoxy) is 2. The van der Waals surface area contributed by atoms with E-state index in [2.05, 4.69) is 86.8 Å². The number of phosphoric acid groups is 1. The minimum atomic E-state index is -4.29. The van der Waals surface area contributed by atoms with E-state index >= 15 is 0 Å². The Bertz CT molecular complexity index is 1180. The van der Waals surface area contributed by atoms with Crippen molar-refractivity contribution < 1.29 is 32.8 Å². The van der Waals surface area contributed by atoms with Crippen LogP contribution in [0.15, 0.2) is 72.9 Å². The Hall–Kier alpha value is -2.06. The smallest absolute Gasteiger partial charge is 0.457 e. The summed E-state index contributed by atoms with van der Waals surface area (Å²) >= 11 is 0. The van der Waals surface area contributed by atoms with E-state index in [1.54, 1.807) is 0 Å². The second-order valence-electron chi connectivity index (χ2n) is 16.6. The molecule has 3 N–H and O–H groups in total. The average molecular weight is 890 g/mol. The molecule has 0 bridgehead atoms. The van der Waals surface area contributed by atoms with Gasteiger partial charge in [-0.1, -0.05) is 202 Å². The molecule has 0 saturated heterocycles. The molecule has 0 aliphatic rings. The summed E-state index contributed by atoms with van der Waals surface area (Å²) in [6.45, 7) is 4.80. The van der Waals surface area contributed by atoms with E-state index in [4.69, 9.17) is 24.3 Å². The molecule has 0 aromatic rings. The SMILES string of the molecule is CC/C=C\C/C=C\C/C=C\C/C=C\C/C=C\CCCCCCCCCCCC(=O)OC(COCCCCCCCCCC/C=C\CCCCCCCC)COP(=O)(O)OCCN. The molecule has 2 unspecified atom stereocenters. The van der Waals surface area contributed by atoms with Crippen LogP contribution < -0.4 is 5.73 Å². The third-order valence-electron chi connectivity index (χ3n) is 10.6. The van der Waals surface area contributed by atoms with Crippen molar-refractivity contribution in [2.75, 3.05) is 33.0 Å². The molecule has 0 aliphatic heterocycles. The summed E-state index contributed by atoms with van der Waals surface area (Å²) in [5.74, 6) is -0.338. The molecule has 0 radical (unpaired) electrons. The largest absolute Gasteiger partial charge is 0.472 e. The molecule has 0 saturated carbocycles. The molecule has 0 aromatic heterocycles. The molecule has 0 fully saturated rings. The molecule has 0 aliphatic carbocycles. The quantitative estimate of drug-likeness (QED) is 0.0268. The minimum absolute atomic E-state index is 0.0961. The molecule has 8 nitrogen and oxygen atoms in total. The lowest BCUT2D eigenvalue weighted by Crippen LogP contribution is -2.28. The molecule has 0 amide bonds. The number of allylic oxidation sites excluding steroid dienone is 12. The van der Waals surface area contributed by atoms with Crippen molar-refractivity contribution in [1.82, 2.24) is 0 Å². The Balaban J connectivity index is 3.98. The first-order valence-corrected chi connectivity index (χ1v) is 26.9. The van der Waals surface area contributed by atoms with Crippen molar-refractivity contribution in [3.05, 3.63) is 72.9 Å². The van der Waals surface area contributed by atoms with E-state index in [0.717, 1.165) is 70.6 Å². The molecule has 9 heteroatoms. The Labute approximate surface area is 382 Å². The van der Waals surface area contributed by atoms with Gasteiger partial charge in [0.15, 0.2) is 0 Å². The van der Waals surface area contributed by atoms with E-state index in [0.29, 0.717) is 13.0 Å². The highest BCUT2D eigenvalue weighted by molar-refractivity contribution is 7.47. The summed E-state index contributed by atoms with van der Waals surface area (Å²) in [5.41, 5.74) is 5.39. The van der Waals surface area contributed by atoms with Gasteiger partial charge in [-0.25, -0.2) is 4.57 Å². The Morgan fingerprint density at radius 2 is 0.903 bits per heavy atom. The number of nitrogens with two attached hydrogens (primary N) is 1. The summed E-state index contributed by atoms with van der Waals surface area (Å²) in [5, 5.41) is 0. The molecule has 360 valence electrons. The normalized spacial score (nSPS) is 13.9. The highest BCUT2D eigenvalue weighted by Gasteiger charge is 2.25. The monoisotopic (exact) mass is 890 g/mol. The van der Waals surface area contributed by atoms with Gasteiger partial charge in [0.2, 0.25) is 0 Å². The number of rotatable bonds is 48. The highest BCUT2D eigenvalue weighted by Crippen LogP contribution is 2.43. The zero-order valence-corrected chi connectivity index (χ0v) is 41.0. The van der Waals surface area contributed by atoms with Crippen molar-refractivity contribution in [3.8, 4) is 0 Å². The van der Waals surface area contributed by atoms with E-state index in [9.17, 15) is 14.3 Å². The van der Waals surface area contributed by atoms with Crippen LogP contribution in [-0.2, 0) is 27.9 Å². The van der Waals surface area contributed by atoms with Crippen LogP contribution in [0.4, 0.5) is 0 Å². The third-order valence-corrected chi connectivity index (χ3v) is 11.6. The number of esters is 1. The molecular weight excluding hydrogens is 794 g/mol. The van der Waals surface area contributed by atoms with Crippen molar-refractivity contribution in [2.24, 2.45) is 5.73 Å². The van der Waals surface area contributed by atoms with Crippen molar-refractivity contribution in [2.45, 2.75) is 225 Å². The zero-order valence-electron chi connectivity index (χ0n) is 40.1. The lowest BCUT2D eigenvalue weighted by atomic mass is 10.1. The van der Waals surface area contributed by atoms with Gasteiger partial charge in [0.25, 0.3) is 0 Å². The Kier molecular flexibility index (Phi) is 48.3. The fraction of sp³-hybridized carbons (Fsp3) is 0.755. The first kappa shape index (κ1) is 59.9. The lowest BCUT2D eigenvalue weighted by molar-refractivity contribution is -0.154. The topological polar surface area (TPSA) is 117 Å². The predicted molar refractivity (Wildman–Crippen MR) is 265 cm³/mol. The van der Waals surface area contributed by atoms with Crippen LogP contribution in [0, 0.1) is 0 Å². The van der Waals surface area contributed by atoms with Crippen LogP contribution in [0.5, 0.6) is 0 Å². The zero-order chi connectivity index (χ0) is 45.1. The van der Waals surface area contributed by atoms with E-state index in [1.807, 2.05) is 0 Å². The molecule has 0 aromatic carbocycles. The maximum Gasteiger partial charge on any atom is 0.472 e. The van der Waals surface area contributed by atoms with Crippen LogP contribution >= 0.6 is 7.82 Å². The van der Waals surface area contributed by atoms with Crippen LogP contribution in [0.1, 0.15) is 219 Å². The highest BCUT2D eigenvalue weighted by atomic mass is 31.2. The molecule has 2 atom stereocenters. The fourth-order valence-corrected chi connectivity index (χ4v) is 7.67. The summed E-state index contributed by atoms with van der Waals surface area (Å²) in [6.07, 6.45) is 63.6. The van der Waals surface area contributed by atoms with E-state index in [1.165, 1.54) is 128 Å². The Morgan fingerprint density at radius 1 is 0.500 bits per heavy atom. The molecule has 62 heavy (non-hydrogen) atoms. The van der Waals surface area contributed by atoms with Gasteiger partial charge in [0.05, 0.1) is 19.8 Å². The van der Waals surface area contributed by atoms with E-state index < -0.39 is 13.9 Å². The number of phosphoric ester groups is 1. The maximum absolute atomic E-state index is 12.7. The summed E-state index contributed by atoms with van der Waals surface area (Å²) in [6, 6.07) is 0. The number of hydrogen-bond acceptors (Lipinski definition) is 7. The van der Waals surface area contributed by atoms with Gasteiger partial charge >= 0.3 is 13.8 Å². The van der Waals surface area contributed by atoms with Crippen molar-refractivity contribution >= 4 is 13.8 Å². The predicted octanol–water partition coefficient (Wildman–Crippen LogP) is 15.9. The first-order valence-electron chi connectivity index (χ1n) is 25.4. The second-order valence-corrected chi connectivity index (χ2v) is 18.1. The lowest BCUT2D eigenvalue weighted by Gasteiger charge is -2.20. The molecule has 0 spiro atoms. The fourth-order valence-electron chi connectivity index (χ4n) is 6.90. The van der Waals surface area contributed by atoms with E-state index in [-0.39, 0.29) is 32.3 Å². The number of carbonyl (C=O) groups is 1. The number of unbranched alkanes of at least 4 members (excludes halogenated alkanes) is 23. The van der Waals surface area contributed by atoms with Crippen molar-refractivity contribution in [1.29, 1.82) is 0 Å². The second kappa shape index (κ2) is 49.9. The van der Waals surface area contributed by atoms with Gasteiger partial charge in [-0.2, -0.15) is 0 Å². The summed E-state index contributed by atoms with van der Waals surface area (Å²) in [7, 11) is -4.29. The first-order chi connectivity index (χ1) is 30.4. The van der Waals surface area contributed by atoms with Crippen LogP contribution in [0.3, 0.4) is 0 Å². The van der Waals surface area contributed by atoms with Gasteiger partial charge in [0, 0.05) is 19.6 Å². The van der Waals surface area contributed by atoms with Crippen LogP contribution in [0.2, 0.25) is 0 Å². The summed E-state index contributed by atoms with van der Waals surface area (Å²) < 4.78 is 33.6. The minimum Gasteiger partial charge on any atom is -0.457 e. The van der Waals surface area contributed by atoms with Gasteiger partial charge < -0.3 is 20.1 Å². The van der Waals surface area contributed by atoms with Crippen LogP contribution in [0.25, 0.3) is 0 Å². The molecule has 0 rings (SSSR count). The van der Waals surface area contributed by atoms with Crippen molar-refractivity contribution in [3.63, 3.8) is 0 Å². The molecule has 0 heterocycles. The molecular formula is C53H96NO7P. The average Bonchev–Trinajstić information content (AvgIpc) is 3.26. The third kappa shape index (κ3) is 49.0. The Morgan fingerprint density at radius 3 is 1.37 bits per heavy atom. The summed E-state index contributed by atoms with van der Waals surface area (Å²) in [4.78, 5) is 22.6. The standard InChI is InChI=1S/C53H96NO7P/c1-3-5-7-9-11-13-15-17-19-21-23-24-25-26-27-28-29-30-32-34-36-38-40-42-44-46-53(55)61-52(51-60-62(56,57)59-49-47-54)50-58-48-45-43-41-39-37-35-33-31-22-20-18-16-14-12-10-8-6-4-2/h5,7,11,13,17-20,23-24,26-27,52H,3-4,6,8-10,12,14-16,21-22,25,28-51,54H2,1-2H3,(H,56,57)/b7-5-,13-11-,19-17-,20-18-,24-23-,27-26-. The van der Waals surface area contributed by atoms with Gasteiger partial charge in [-0.05, 0) is 83.5 Å². The maximum atomic E-state index is 12.7. The van der Waals surface area contributed by atoms with Gasteiger partial charge in [-0.15, -0.1) is 0 Å². The number of hydrogen-bond donors (Lipinski definition) is 2. The van der Waals surface area contributed by atoms with Gasteiger partial charge in [0.1, 0.15) is 6.10 Å².